The molecule has 0 aromatic carbocycles. The molecule has 3 nitrogen and oxygen atoms in total. The summed E-state index contributed by atoms with van der Waals surface area (Å²) in [5, 5.41) is 3.56. The lowest BCUT2D eigenvalue weighted by Gasteiger charge is -2.35. The molecule has 0 amide bonds. The van der Waals surface area contributed by atoms with E-state index in [0.29, 0.717) is 12.1 Å². The number of hydrogen-bond donors (Lipinski definition) is 2. The molecule has 0 radical (unpaired) electrons. The van der Waals surface area contributed by atoms with Gasteiger partial charge >= 0.3 is 0 Å². The Hall–Kier alpha value is -0.120. The minimum absolute atomic E-state index is 0.385. The molecule has 0 spiro atoms. The lowest BCUT2D eigenvalue weighted by atomic mass is 9.86. The minimum atomic E-state index is 0.385. The van der Waals surface area contributed by atoms with Crippen molar-refractivity contribution in [3.05, 3.63) is 0 Å². The van der Waals surface area contributed by atoms with E-state index in [4.69, 9.17) is 10.5 Å². The summed E-state index contributed by atoms with van der Waals surface area (Å²) in [7, 11) is 0. The maximum Gasteiger partial charge on any atom is 0.0469 e. The van der Waals surface area contributed by atoms with E-state index in [1.54, 1.807) is 0 Å². The topological polar surface area (TPSA) is 47.3 Å². The Labute approximate surface area is 80.0 Å². The van der Waals surface area contributed by atoms with Gasteiger partial charge in [-0.15, -0.1) is 0 Å². The van der Waals surface area contributed by atoms with Gasteiger partial charge in [0.2, 0.25) is 0 Å². The van der Waals surface area contributed by atoms with Gasteiger partial charge in [-0.2, -0.15) is 0 Å². The number of piperidine rings is 1. The molecule has 0 aromatic heterocycles. The van der Waals surface area contributed by atoms with Crippen molar-refractivity contribution in [2.45, 2.75) is 37.8 Å². The van der Waals surface area contributed by atoms with E-state index in [1.807, 2.05) is 0 Å². The van der Waals surface area contributed by atoms with E-state index in [1.165, 1.54) is 25.7 Å². The maximum atomic E-state index is 5.84. The lowest BCUT2D eigenvalue weighted by Crippen LogP contribution is -2.49. The summed E-state index contributed by atoms with van der Waals surface area (Å²) < 4.78 is 5.36. The first kappa shape index (κ1) is 9.44. The van der Waals surface area contributed by atoms with Crippen LogP contribution in [0.1, 0.15) is 25.7 Å². The van der Waals surface area contributed by atoms with Crippen LogP contribution in [0.15, 0.2) is 0 Å². The van der Waals surface area contributed by atoms with Crippen molar-refractivity contribution in [1.29, 1.82) is 0 Å². The van der Waals surface area contributed by atoms with Gasteiger partial charge in [0.15, 0.2) is 0 Å². The van der Waals surface area contributed by atoms with Crippen LogP contribution in [0.4, 0.5) is 0 Å². The third-order valence-corrected chi connectivity index (χ3v) is 3.33. The predicted molar refractivity (Wildman–Crippen MR) is 52.5 cm³/mol. The van der Waals surface area contributed by atoms with Crippen LogP contribution in [0.5, 0.6) is 0 Å². The molecule has 0 bridgehead atoms. The van der Waals surface area contributed by atoms with Crippen LogP contribution in [-0.2, 0) is 4.74 Å². The zero-order chi connectivity index (χ0) is 9.10. The molecule has 2 fully saturated rings. The molecule has 3 N–H and O–H groups in total. The van der Waals surface area contributed by atoms with Crippen molar-refractivity contribution < 1.29 is 4.74 Å². The molecule has 0 aromatic rings. The van der Waals surface area contributed by atoms with Crippen molar-refractivity contribution in [1.82, 2.24) is 5.32 Å². The first-order chi connectivity index (χ1) is 6.36. The molecule has 3 heteroatoms. The summed E-state index contributed by atoms with van der Waals surface area (Å²) in [6, 6.07) is 1.10. The van der Waals surface area contributed by atoms with Gasteiger partial charge < -0.3 is 15.8 Å². The molecule has 76 valence electrons. The maximum absolute atomic E-state index is 5.84. The van der Waals surface area contributed by atoms with Gasteiger partial charge in [-0.25, -0.2) is 0 Å². The van der Waals surface area contributed by atoms with Gasteiger partial charge in [0.1, 0.15) is 0 Å². The van der Waals surface area contributed by atoms with Crippen LogP contribution >= 0.6 is 0 Å². The summed E-state index contributed by atoms with van der Waals surface area (Å²) in [6.07, 6.45) is 4.90. The highest BCUT2D eigenvalue weighted by molar-refractivity contribution is 4.85. The molecule has 2 saturated heterocycles. The fourth-order valence-corrected chi connectivity index (χ4v) is 2.42. The Morgan fingerprint density at radius 3 is 2.46 bits per heavy atom. The fourth-order valence-electron chi connectivity index (χ4n) is 2.42. The lowest BCUT2D eigenvalue weighted by molar-refractivity contribution is 0.0492. The second kappa shape index (κ2) is 4.40. The second-order valence-corrected chi connectivity index (χ2v) is 4.30. The smallest absolute Gasteiger partial charge is 0.0469 e. The Bertz CT molecular complexity index is 149. The van der Waals surface area contributed by atoms with E-state index in [0.717, 1.165) is 25.7 Å². The standard InChI is InChI=1S/C10H20N2O/c11-9-1-2-10(12-7-9)8-3-5-13-6-4-8/h8-10,12H,1-7,11H2. The zero-order valence-electron chi connectivity index (χ0n) is 8.17. The van der Waals surface area contributed by atoms with Crippen molar-refractivity contribution in [3.63, 3.8) is 0 Å². The fraction of sp³-hybridized carbons (Fsp3) is 1.00. The molecule has 2 atom stereocenters. The van der Waals surface area contributed by atoms with Gasteiger partial charge in [-0.3, -0.25) is 0 Å². The Balaban J connectivity index is 1.79. The molecule has 2 aliphatic rings. The number of nitrogens with two attached hydrogens (primary N) is 1. The average Bonchev–Trinajstić information content (AvgIpc) is 2.20. The van der Waals surface area contributed by atoms with Crippen LogP contribution in [0, 0.1) is 5.92 Å². The Kier molecular flexibility index (Phi) is 3.19. The molecular formula is C10H20N2O. The van der Waals surface area contributed by atoms with Gasteiger partial charge in [0.05, 0.1) is 0 Å². The largest absolute Gasteiger partial charge is 0.381 e. The van der Waals surface area contributed by atoms with Gasteiger partial charge in [0.25, 0.3) is 0 Å². The second-order valence-electron chi connectivity index (χ2n) is 4.30. The van der Waals surface area contributed by atoms with Crippen molar-refractivity contribution >= 4 is 0 Å². The van der Waals surface area contributed by atoms with Crippen LogP contribution in [-0.4, -0.2) is 31.8 Å². The third kappa shape index (κ3) is 2.42. The highest BCUT2D eigenvalue weighted by atomic mass is 16.5. The van der Waals surface area contributed by atoms with Gasteiger partial charge in [0, 0.05) is 31.8 Å². The molecular weight excluding hydrogens is 164 g/mol. The predicted octanol–water partition coefficient (Wildman–Crippen LogP) is 0.492. The summed E-state index contributed by atoms with van der Waals surface area (Å²) in [6.45, 7) is 2.91. The van der Waals surface area contributed by atoms with Crippen molar-refractivity contribution in [2.75, 3.05) is 19.8 Å². The van der Waals surface area contributed by atoms with E-state index in [-0.39, 0.29) is 0 Å². The molecule has 2 unspecified atom stereocenters. The summed E-state index contributed by atoms with van der Waals surface area (Å²) in [5.74, 6) is 0.834. The van der Waals surface area contributed by atoms with Crippen LogP contribution < -0.4 is 11.1 Å². The number of rotatable bonds is 1. The molecule has 0 saturated carbocycles. The molecule has 2 heterocycles. The summed E-state index contributed by atoms with van der Waals surface area (Å²) in [5.41, 5.74) is 5.84. The normalized spacial score (nSPS) is 37.6. The first-order valence-corrected chi connectivity index (χ1v) is 5.43. The monoisotopic (exact) mass is 184 g/mol. The van der Waals surface area contributed by atoms with Crippen molar-refractivity contribution in [3.8, 4) is 0 Å². The molecule has 0 aliphatic carbocycles. The first-order valence-electron chi connectivity index (χ1n) is 5.43. The van der Waals surface area contributed by atoms with Gasteiger partial charge in [-0.05, 0) is 31.6 Å². The summed E-state index contributed by atoms with van der Waals surface area (Å²) in [4.78, 5) is 0. The number of nitrogens with one attached hydrogen (secondary N) is 1. The Morgan fingerprint density at radius 1 is 1.08 bits per heavy atom. The Morgan fingerprint density at radius 2 is 1.85 bits per heavy atom. The summed E-state index contributed by atoms with van der Waals surface area (Å²) >= 11 is 0. The van der Waals surface area contributed by atoms with Gasteiger partial charge in [-0.1, -0.05) is 0 Å². The van der Waals surface area contributed by atoms with Crippen LogP contribution in [0.3, 0.4) is 0 Å². The van der Waals surface area contributed by atoms with Crippen LogP contribution in [0.25, 0.3) is 0 Å². The molecule has 2 rings (SSSR count). The van der Waals surface area contributed by atoms with E-state index >= 15 is 0 Å². The van der Waals surface area contributed by atoms with Crippen molar-refractivity contribution in [2.24, 2.45) is 11.7 Å². The SMILES string of the molecule is NC1CCC(C2CCOCC2)NC1. The highest BCUT2D eigenvalue weighted by Crippen LogP contribution is 2.23. The minimum Gasteiger partial charge on any atom is -0.381 e. The number of hydrogen-bond acceptors (Lipinski definition) is 3. The number of ether oxygens (including phenoxy) is 1. The zero-order valence-corrected chi connectivity index (χ0v) is 8.17. The average molecular weight is 184 g/mol. The van der Waals surface area contributed by atoms with E-state index in [9.17, 15) is 0 Å². The molecule has 2 aliphatic heterocycles. The highest BCUT2D eigenvalue weighted by Gasteiger charge is 2.26. The molecule has 13 heavy (non-hydrogen) atoms. The third-order valence-electron chi connectivity index (χ3n) is 3.33. The quantitative estimate of drug-likeness (QED) is 0.623. The van der Waals surface area contributed by atoms with E-state index in [2.05, 4.69) is 5.32 Å². The van der Waals surface area contributed by atoms with E-state index < -0.39 is 0 Å². The van der Waals surface area contributed by atoms with Crippen LogP contribution in [0.2, 0.25) is 0 Å².